The molecule has 0 radical (unpaired) electrons. The quantitative estimate of drug-likeness (QED) is 0.847. The summed E-state index contributed by atoms with van der Waals surface area (Å²) >= 11 is 1.82. The van der Waals surface area contributed by atoms with E-state index in [0.717, 1.165) is 44.6 Å². The van der Waals surface area contributed by atoms with Gasteiger partial charge in [-0.25, -0.2) is 4.79 Å². The van der Waals surface area contributed by atoms with Gasteiger partial charge in [-0.3, -0.25) is 9.88 Å². The fraction of sp³-hybridized carbons (Fsp3) is 0.444. The lowest BCUT2D eigenvalue weighted by Crippen LogP contribution is -2.41. The molecule has 2 N–H and O–H groups in total. The molecule has 0 saturated carbocycles. The highest BCUT2D eigenvalue weighted by Crippen LogP contribution is 2.20. The Morgan fingerprint density at radius 3 is 2.83 bits per heavy atom. The first-order valence-electron chi connectivity index (χ1n) is 8.45. The van der Waals surface area contributed by atoms with E-state index in [1.165, 1.54) is 4.88 Å². The number of rotatable bonds is 6. The third-order valence-corrected chi connectivity index (χ3v) is 5.26. The highest BCUT2D eigenvalue weighted by molar-refractivity contribution is 7.09. The highest BCUT2D eigenvalue weighted by Gasteiger charge is 2.19. The van der Waals surface area contributed by atoms with Crippen LogP contribution in [0, 0.1) is 5.92 Å². The van der Waals surface area contributed by atoms with Crippen LogP contribution in [0.1, 0.15) is 23.3 Å². The van der Waals surface area contributed by atoms with Crippen molar-refractivity contribution in [2.45, 2.75) is 25.9 Å². The van der Waals surface area contributed by atoms with Crippen molar-refractivity contribution >= 4 is 17.4 Å². The summed E-state index contributed by atoms with van der Waals surface area (Å²) in [5.41, 5.74) is 1.01. The molecule has 3 rings (SSSR count). The molecule has 128 valence electrons. The zero-order chi connectivity index (χ0) is 16.6. The maximum absolute atomic E-state index is 11.9. The molecule has 0 aromatic carbocycles. The van der Waals surface area contributed by atoms with Gasteiger partial charge in [0.25, 0.3) is 0 Å². The molecule has 2 amide bonds. The molecule has 3 heterocycles. The number of urea groups is 1. The van der Waals surface area contributed by atoms with E-state index in [0.29, 0.717) is 12.5 Å². The zero-order valence-corrected chi connectivity index (χ0v) is 14.6. The monoisotopic (exact) mass is 344 g/mol. The summed E-state index contributed by atoms with van der Waals surface area (Å²) in [5.74, 6) is 0.578. The van der Waals surface area contributed by atoms with Gasteiger partial charge in [-0.1, -0.05) is 12.1 Å². The van der Waals surface area contributed by atoms with Crippen LogP contribution in [-0.4, -0.2) is 35.5 Å². The van der Waals surface area contributed by atoms with Gasteiger partial charge < -0.3 is 10.6 Å². The van der Waals surface area contributed by atoms with Crippen LogP contribution in [0.4, 0.5) is 4.79 Å². The largest absolute Gasteiger partial charge is 0.338 e. The van der Waals surface area contributed by atoms with Crippen molar-refractivity contribution in [1.29, 1.82) is 0 Å². The molecule has 1 aliphatic rings. The van der Waals surface area contributed by atoms with E-state index in [-0.39, 0.29) is 6.03 Å². The van der Waals surface area contributed by atoms with Gasteiger partial charge in [-0.05, 0) is 54.9 Å². The maximum atomic E-state index is 11.9. The van der Waals surface area contributed by atoms with Crippen molar-refractivity contribution in [2.75, 3.05) is 19.6 Å². The molecule has 2 aromatic heterocycles. The van der Waals surface area contributed by atoms with Crippen molar-refractivity contribution in [3.63, 3.8) is 0 Å². The molecule has 0 spiro atoms. The second-order valence-corrected chi connectivity index (χ2v) is 7.26. The summed E-state index contributed by atoms with van der Waals surface area (Å²) in [6.45, 7) is 4.55. The zero-order valence-electron chi connectivity index (χ0n) is 13.8. The Bertz CT molecular complexity index is 609. The third kappa shape index (κ3) is 5.32. The minimum Gasteiger partial charge on any atom is -0.338 e. The number of hydrogen-bond donors (Lipinski definition) is 2. The first kappa shape index (κ1) is 16.9. The SMILES string of the molecule is O=C(NCc1cccnc1)NCC1CCN(Cc2cccs2)CC1. The molecule has 1 aliphatic heterocycles. The minimum atomic E-state index is -0.0973. The number of piperidine rings is 1. The topological polar surface area (TPSA) is 57.3 Å². The Labute approximate surface area is 147 Å². The molecular formula is C18H24N4OS. The molecule has 1 fully saturated rings. The van der Waals surface area contributed by atoms with Crippen LogP contribution < -0.4 is 10.6 Å². The van der Waals surface area contributed by atoms with E-state index >= 15 is 0 Å². The number of carbonyl (C=O) groups excluding carboxylic acids is 1. The lowest BCUT2D eigenvalue weighted by Gasteiger charge is -2.31. The summed E-state index contributed by atoms with van der Waals surface area (Å²) in [4.78, 5) is 19.9. The van der Waals surface area contributed by atoms with Gasteiger partial charge >= 0.3 is 6.03 Å². The van der Waals surface area contributed by atoms with Gasteiger partial charge in [-0.2, -0.15) is 0 Å². The number of hydrogen-bond acceptors (Lipinski definition) is 4. The van der Waals surface area contributed by atoms with E-state index in [9.17, 15) is 4.79 Å². The molecule has 0 unspecified atom stereocenters. The summed E-state index contributed by atoms with van der Waals surface area (Å²) in [5, 5.41) is 8.01. The average molecular weight is 344 g/mol. The van der Waals surface area contributed by atoms with Crippen molar-refractivity contribution < 1.29 is 4.79 Å². The van der Waals surface area contributed by atoms with Crippen LogP contribution >= 0.6 is 11.3 Å². The Hall–Kier alpha value is -1.92. The number of carbonyl (C=O) groups is 1. The second-order valence-electron chi connectivity index (χ2n) is 6.22. The maximum Gasteiger partial charge on any atom is 0.315 e. The van der Waals surface area contributed by atoms with E-state index in [4.69, 9.17) is 0 Å². The second kappa shape index (κ2) is 8.80. The molecule has 6 heteroatoms. The first-order chi connectivity index (χ1) is 11.8. The summed E-state index contributed by atoms with van der Waals surface area (Å²) < 4.78 is 0. The van der Waals surface area contributed by atoms with Crippen molar-refractivity contribution in [1.82, 2.24) is 20.5 Å². The lowest BCUT2D eigenvalue weighted by molar-refractivity contribution is 0.176. The van der Waals surface area contributed by atoms with Gasteiger partial charge in [0.2, 0.25) is 0 Å². The number of amides is 2. The Kier molecular flexibility index (Phi) is 6.20. The summed E-state index contributed by atoms with van der Waals surface area (Å²) in [7, 11) is 0. The van der Waals surface area contributed by atoms with Crippen LogP contribution in [0.15, 0.2) is 42.0 Å². The minimum absolute atomic E-state index is 0.0973. The van der Waals surface area contributed by atoms with Gasteiger partial charge in [0.05, 0.1) is 0 Å². The lowest BCUT2D eigenvalue weighted by atomic mass is 9.97. The van der Waals surface area contributed by atoms with Gasteiger partial charge in [0.15, 0.2) is 0 Å². The Morgan fingerprint density at radius 2 is 2.12 bits per heavy atom. The number of pyridine rings is 1. The molecule has 0 bridgehead atoms. The normalized spacial score (nSPS) is 16.0. The Balaban J connectivity index is 1.31. The van der Waals surface area contributed by atoms with E-state index in [1.807, 2.05) is 23.5 Å². The molecular weight excluding hydrogens is 320 g/mol. The van der Waals surface area contributed by atoms with Crippen molar-refractivity contribution in [3.8, 4) is 0 Å². The van der Waals surface area contributed by atoms with Crippen LogP contribution in [0.3, 0.4) is 0 Å². The molecule has 2 aromatic rings. The number of nitrogens with zero attached hydrogens (tertiary/aromatic N) is 2. The third-order valence-electron chi connectivity index (χ3n) is 4.39. The van der Waals surface area contributed by atoms with E-state index < -0.39 is 0 Å². The predicted octanol–water partition coefficient (Wildman–Crippen LogP) is 2.85. The van der Waals surface area contributed by atoms with Crippen molar-refractivity contribution in [3.05, 3.63) is 52.5 Å². The average Bonchev–Trinajstić information content (AvgIpc) is 3.13. The van der Waals surface area contributed by atoms with Crippen LogP contribution in [-0.2, 0) is 13.1 Å². The van der Waals surface area contributed by atoms with Crippen LogP contribution in [0.5, 0.6) is 0 Å². The molecule has 0 atom stereocenters. The van der Waals surface area contributed by atoms with Crippen LogP contribution in [0.2, 0.25) is 0 Å². The highest BCUT2D eigenvalue weighted by atomic mass is 32.1. The summed E-state index contributed by atoms with van der Waals surface area (Å²) in [6.07, 6.45) is 5.79. The Morgan fingerprint density at radius 1 is 1.25 bits per heavy atom. The fourth-order valence-corrected chi connectivity index (χ4v) is 3.70. The fourth-order valence-electron chi connectivity index (χ4n) is 2.96. The number of aromatic nitrogens is 1. The van der Waals surface area contributed by atoms with Crippen LogP contribution in [0.25, 0.3) is 0 Å². The van der Waals surface area contributed by atoms with Crippen molar-refractivity contribution in [2.24, 2.45) is 5.92 Å². The standard InChI is InChI=1S/C18H24N4OS/c23-18(21-13-16-3-1-7-19-11-16)20-12-15-5-8-22(9-6-15)14-17-4-2-10-24-17/h1-4,7,10-11,15H,5-6,8-9,12-14H2,(H2,20,21,23). The molecule has 5 nitrogen and oxygen atoms in total. The predicted molar refractivity (Wildman–Crippen MR) is 96.8 cm³/mol. The van der Waals surface area contributed by atoms with E-state index in [1.54, 1.807) is 12.4 Å². The number of thiophene rings is 1. The first-order valence-corrected chi connectivity index (χ1v) is 9.33. The molecule has 24 heavy (non-hydrogen) atoms. The molecule has 1 saturated heterocycles. The number of likely N-dealkylation sites (tertiary alicyclic amines) is 1. The van der Waals surface area contributed by atoms with Gasteiger partial charge in [0.1, 0.15) is 0 Å². The van der Waals surface area contributed by atoms with Gasteiger partial charge in [0, 0.05) is 36.9 Å². The number of nitrogens with one attached hydrogen (secondary N) is 2. The van der Waals surface area contributed by atoms with Gasteiger partial charge in [-0.15, -0.1) is 11.3 Å². The summed E-state index contributed by atoms with van der Waals surface area (Å²) in [6, 6.07) is 8.04. The smallest absolute Gasteiger partial charge is 0.315 e. The molecule has 0 aliphatic carbocycles. The van der Waals surface area contributed by atoms with E-state index in [2.05, 4.69) is 38.0 Å².